The summed E-state index contributed by atoms with van der Waals surface area (Å²) < 4.78 is 5.35. The van der Waals surface area contributed by atoms with Crippen molar-refractivity contribution in [3.8, 4) is 0 Å². The minimum atomic E-state index is -0.381. The van der Waals surface area contributed by atoms with Gasteiger partial charge in [-0.1, -0.05) is 13.0 Å². The highest BCUT2D eigenvalue weighted by atomic mass is 16.5. The van der Waals surface area contributed by atoms with E-state index < -0.39 is 0 Å². The molecule has 126 valence electrons. The minimum absolute atomic E-state index is 0.150. The van der Waals surface area contributed by atoms with Crippen LogP contribution in [0.3, 0.4) is 0 Å². The lowest BCUT2D eigenvalue weighted by Crippen LogP contribution is -2.38. The highest BCUT2D eigenvalue weighted by Gasteiger charge is 2.23. The van der Waals surface area contributed by atoms with Gasteiger partial charge in [0.2, 0.25) is 0 Å². The zero-order valence-electron chi connectivity index (χ0n) is 13.7. The molecule has 1 aliphatic rings. The van der Waals surface area contributed by atoms with Gasteiger partial charge in [-0.05, 0) is 44.5 Å². The van der Waals surface area contributed by atoms with Gasteiger partial charge >= 0.3 is 0 Å². The predicted octanol–water partition coefficient (Wildman–Crippen LogP) is 1.53. The van der Waals surface area contributed by atoms with Crippen LogP contribution in [0.1, 0.15) is 37.0 Å². The third-order valence-corrected chi connectivity index (χ3v) is 3.74. The van der Waals surface area contributed by atoms with Crippen molar-refractivity contribution in [1.82, 2.24) is 10.6 Å². The van der Waals surface area contributed by atoms with Crippen molar-refractivity contribution in [2.75, 3.05) is 25.0 Å². The Balaban J connectivity index is 1.90. The van der Waals surface area contributed by atoms with Gasteiger partial charge in [-0.25, -0.2) is 0 Å². The second kappa shape index (κ2) is 8.64. The van der Waals surface area contributed by atoms with E-state index in [2.05, 4.69) is 16.0 Å². The number of ether oxygens (including phenoxy) is 1. The van der Waals surface area contributed by atoms with Crippen LogP contribution in [-0.2, 0) is 9.53 Å². The highest BCUT2D eigenvalue weighted by molar-refractivity contribution is 5.98. The van der Waals surface area contributed by atoms with Crippen LogP contribution in [0.4, 0.5) is 5.69 Å². The largest absolute Gasteiger partial charge is 0.368 e. The second-order valence-corrected chi connectivity index (χ2v) is 5.74. The lowest BCUT2D eigenvalue weighted by Gasteiger charge is -2.14. The molecule has 2 atom stereocenters. The van der Waals surface area contributed by atoms with E-state index in [1.807, 2.05) is 13.8 Å². The van der Waals surface area contributed by atoms with Crippen molar-refractivity contribution >= 4 is 17.5 Å². The van der Waals surface area contributed by atoms with Gasteiger partial charge in [-0.2, -0.15) is 0 Å². The molecule has 0 saturated carbocycles. The van der Waals surface area contributed by atoms with Crippen LogP contribution < -0.4 is 16.0 Å². The van der Waals surface area contributed by atoms with Crippen molar-refractivity contribution in [2.45, 2.75) is 38.8 Å². The molecule has 1 aromatic carbocycles. The zero-order valence-corrected chi connectivity index (χ0v) is 13.7. The molecule has 1 saturated heterocycles. The van der Waals surface area contributed by atoms with Crippen LogP contribution in [0.15, 0.2) is 24.3 Å². The number of hydrogen-bond donors (Lipinski definition) is 3. The molecule has 0 aromatic heterocycles. The van der Waals surface area contributed by atoms with Crippen molar-refractivity contribution in [3.63, 3.8) is 0 Å². The van der Waals surface area contributed by atoms with Crippen molar-refractivity contribution in [3.05, 3.63) is 29.8 Å². The fourth-order valence-electron chi connectivity index (χ4n) is 2.51. The monoisotopic (exact) mass is 319 g/mol. The summed E-state index contributed by atoms with van der Waals surface area (Å²) in [5, 5.41) is 8.92. The maximum Gasteiger partial charge on any atom is 0.253 e. The van der Waals surface area contributed by atoms with E-state index >= 15 is 0 Å². The Labute approximate surface area is 137 Å². The van der Waals surface area contributed by atoms with E-state index in [1.54, 1.807) is 24.3 Å². The third kappa shape index (κ3) is 5.33. The average Bonchev–Trinajstić information content (AvgIpc) is 3.08. The Kier molecular flexibility index (Phi) is 6.55. The number of carbonyl (C=O) groups excluding carboxylic acids is 2. The quantitative estimate of drug-likeness (QED) is 0.712. The first kappa shape index (κ1) is 17.4. The van der Waals surface area contributed by atoms with E-state index in [1.165, 1.54) is 0 Å². The summed E-state index contributed by atoms with van der Waals surface area (Å²) in [5.41, 5.74) is 1.14. The Morgan fingerprint density at radius 3 is 2.91 bits per heavy atom. The predicted molar refractivity (Wildman–Crippen MR) is 89.5 cm³/mol. The topological polar surface area (TPSA) is 79.5 Å². The maximum atomic E-state index is 12.2. The van der Waals surface area contributed by atoms with E-state index in [-0.39, 0.29) is 24.0 Å². The molecule has 23 heavy (non-hydrogen) atoms. The number of hydrogen-bond acceptors (Lipinski definition) is 4. The summed E-state index contributed by atoms with van der Waals surface area (Å²) in [6, 6.07) is 7.15. The van der Waals surface area contributed by atoms with Crippen LogP contribution in [0.25, 0.3) is 0 Å². The Morgan fingerprint density at radius 1 is 1.39 bits per heavy atom. The second-order valence-electron chi connectivity index (χ2n) is 5.74. The van der Waals surface area contributed by atoms with Crippen LogP contribution in [0.5, 0.6) is 0 Å². The zero-order chi connectivity index (χ0) is 16.7. The molecule has 1 heterocycles. The van der Waals surface area contributed by atoms with Gasteiger partial charge in [-0.15, -0.1) is 0 Å². The molecule has 2 rings (SSSR count). The number of likely N-dealkylation sites (N-methyl/N-ethyl adjacent to an activating group) is 1. The fraction of sp³-hybridized carbons (Fsp3) is 0.529. The summed E-state index contributed by atoms with van der Waals surface area (Å²) >= 11 is 0. The molecule has 1 aliphatic heterocycles. The molecule has 0 spiro atoms. The van der Waals surface area contributed by atoms with Gasteiger partial charge in [0.25, 0.3) is 11.8 Å². The number of rotatable bonds is 7. The van der Waals surface area contributed by atoms with Gasteiger partial charge in [-0.3, -0.25) is 9.59 Å². The number of anilines is 1. The molecular formula is C17H25N3O3. The molecule has 0 radical (unpaired) electrons. The molecule has 6 heteroatoms. The van der Waals surface area contributed by atoms with Crippen molar-refractivity contribution in [2.24, 2.45) is 0 Å². The van der Waals surface area contributed by atoms with Crippen molar-refractivity contribution < 1.29 is 14.3 Å². The van der Waals surface area contributed by atoms with Crippen LogP contribution >= 0.6 is 0 Å². The van der Waals surface area contributed by atoms with Crippen LogP contribution in [0.2, 0.25) is 0 Å². The summed E-state index contributed by atoms with van der Waals surface area (Å²) in [5.74, 6) is -0.302. The maximum absolute atomic E-state index is 12.2. The fourth-order valence-corrected chi connectivity index (χ4v) is 2.51. The molecule has 1 fully saturated rings. The highest BCUT2D eigenvalue weighted by Crippen LogP contribution is 2.16. The minimum Gasteiger partial charge on any atom is -0.368 e. The number of nitrogens with one attached hydrogen (secondary N) is 3. The lowest BCUT2D eigenvalue weighted by molar-refractivity contribution is -0.124. The third-order valence-electron chi connectivity index (χ3n) is 3.74. The molecule has 1 aromatic rings. The lowest BCUT2D eigenvalue weighted by atomic mass is 10.1. The van der Waals surface area contributed by atoms with E-state index in [9.17, 15) is 9.59 Å². The first-order valence-electron chi connectivity index (χ1n) is 8.14. The van der Waals surface area contributed by atoms with Gasteiger partial charge in [0.1, 0.15) is 6.10 Å². The number of amides is 2. The standard InChI is InChI=1S/C17H25N3O3/c1-3-18-12(2)11-19-16(21)13-6-4-7-14(10-13)20-17(22)15-8-5-9-23-15/h4,6-7,10,12,15,18H,3,5,8-9,11H2,1-2H3,(H,19,21)(H,20,22)/t12-,15?/m1/s1. The summed E-state index contributed by atoms with van der Waals surface area (Å²) in [7, 11) is 0. The molecule has 6 nitrogen and oxygen atoms in total. The van der Waals surface area contributed by atoms with Crippen LogP contribution in [-0.4, -0.2) is 43.7 Å². The van der Waals surface area contributed by atoms with Gasteiger partial charge in [0.05, 0.1) is 0 Å². The van der Waals surface area contributed by atoms with Gasteiger partial charge in [0, 0.05) is 30.4 Å². The summed E-state index contributed by atoms with van der Waals surface area (Å²) in [6.07, 6.45) is 1.27. The Morgan fingerprint density at radius 2 is 2.22 bits per heavy atom. The van der Waals surface area contributed by atoms with Gasteiger partial charge < -0.3 is 20.7 Å². The molecule has 1 unspecified atom stereocenters. The van der Waals surface area contributed by atoms with Crippen molar-refractivity contribution in [1.29, 1.82) is 0 Å². The van der Waals surface area contributed by atoms with Gasteiger partial charge in [0.15, 0.2) is 0 Å². The molecule has 3 N–H and O–H groups in total. The smallest absolute Gasteiger partial charge is 0.253 e. The summed E-state index contributed by atoms with van der Waals surface area (Å²) in [6.45, 7) is 6.09. The normalized spacial score (nSPS) is 18.4. The Hall–Kier alpha value is -1.92. The van der Waals surface area contributed by atoms with E-state index in [0.29, 0.717) is 24.4 Å². The first-order chi connectivity index (χ1) is 11.1. The Bertz CT molecular complexity index is 542. The number of benzene rings is 1. The molecule has 0 aliphatic carbocycles. The number of carbonyl (C=O) groups is 2. The molecule has 0 bridgehead atoms. The first-order valence-corrected chi connectivity index (χ1v) is 8.14. The molecule has 2 amide bonds. The average molecular weight is 319 g/mol. The van der Waals surface area contributed by atoms with Crippen LogP contribution in [0, 0.1) is 0 Å². The molecular weight excluding hydrogens is 294 g/mol. The van der Waals surface area contributed by atoms with E-state index in [4.69, 9.17) is 4.74 Å². The summed E-state index contributed by atoms with van der Waals surface area (Å²) in [4.78, 5) is 24.2. The SMILES string of the molecule is CCN[C@H](C)CNC(=O)c1cccc(NC(=O)C2CCCO2)c1. The van der Waals surface area contributed by atoms with E-state index in [0.717, 1.165) is 19.4 Å².